The van der Waals surface area contributed by atoms with E-state index in [1.165, 1.54) is 4.31 Å². The van der Waals surface area contributed by atoms with Crippen molar-refractivity contribution in [2.45, 2.75) is 43.7 Å². The summed E-state index contributed by atoms with van der Waals surface area (Å²) < 4.78 is 28.8. The molecule has 0 aliphatic carbocycles. The van der Waals surface area contributed by atoms with Crippen molar-refractivity contribution in [1.29, 1.82) is 0 Å². The molecule has 25 heavy (non-hydrogen) atoms. The lowest BCUT2D eigenvalue weighted by atomic mass is 9.99. The van der Waals surface area contributed by atoms with Crippen molar-refractivity contribution in [3.05, 3.63) is 12.0 Å². The second-order valence-electron chi connectivity index (χ2n) is 7.00. The Kier molecular flexibility index (Phi) is 5.45. The fourth-order valence-corrected chi connectivity index (χ4v) is 5.05. The lowest BCUT2D eigenvalue weighted by Gasteiger charge is -2.31. The molecule has 2 atom stereocenters. The van der Waals surface area contributed by atoms with E-state index in [4.69, 9.17) is 0 Å². The van der Waals surface area contributed by atoms with Crippen molar-refractivity contribution in [2.24, 2.45) is 13.0 Å². The van der Waals surface area contributed by atoms with Crippen LogP contribution in [0.4, 0.5) is 0 Å². The Bertz CT molecular complexity index is 705. The number of aryl methyl sites for hydroxylation is 2. The molecule has 2 aliphatic heterocycles. The van der Waals surface area contributed by atoms with Gasteiger partial charge in [0.25, 0.3) is 10.0 Å². The van der Waals surface area contributed by atoms with Crippen LogP contribution in [0.3, 0.4) is 0 Å². The zero-order valence-electron chi connectivity index (χ0n) is 14.9. The highest BCUT2D eigenvalue weighted by Crippen LogP contribution is 2.23. The van der Waals surface area contributed by atoms with Crippen LogP contribution >= 0.6 is 0 Å². The molecule has 1 aromatic rings. The normalized spacial score (nSPS) is 25.2. The molecular formula is C16H27N5O3S. The van der Waals surface area contributed by atoms with E-state index in [0.29, 0.717) is 25.5 Å². The van der Waals surface area contributed by atoms with Crippen LogP contribution in [0, 0.1) is 12.8 Å². The molecule has 2 fully saturated rings. The quantitative estimate of drug-likeness (QED) is 0.761. The molecule has 0 saturated carbocycles. The Balaban J connectivity index is 1.59. The third kappa shape index (κ3) is 4.04. The van der Waals surface area contributed by atoms with Gasteiger partial charge in [0.05, 0.1) is 6.04 Å². The van der Waals surface area contributed by atoms with Gasteiger partial charge in [-0.1, -0.05) is 0 Å². The molecule has 9 heteroatoms. The number of nitrogens with zero attached hydrogens (tertiary/aromatic N) is 3. The molecule has 0 bridgehead atoms. The van der Waals surface area contributed by atoms with Gasteiger partial charge in [0.1, 0.15) is 5.82 Å². The van der Waals surface area contributed by atoms with Crippen LogP contribution in [-0.4, -0.2) is 60.4 Å². The first-order chi connectivity index (χ1) is 11.9. The fourth-order valence-electron chi connectivity index (χ4n) is 3.47. The Labute approximate surface area is 149 Å². The third-order valence-corrected chi connectivity index (χ3v) is 6.85. The van der Waals surface area contributed by atoms with Gasteiger partial charge in [0.15, 0.2) is 5.03 Å². The summed E-state index contributed by atoms with van der Waals surface area (Å²) in [6, 6.07) is -0.0973. The predicted molar refractivity (Wildman–Crippen MR) is 93.5 cm³/mol. The maximum atomic E-state index is 12.8. The first-order valence-electron chi connectivity index (χ1n) is 8.89. The SMILES string of the molecule is Cc1nc(S(=O)(=O)N2CCCC(CNC(=O)C3CCCN3)C2)cn1C. The highest BCUT2D eigenvalue weighted by atomic mass is 32.2. The summed E-state index contributed by atoms with van der Waals surface area (Å²) in [5, 5.41) is 6.26. The average Bonchev–Trinajstić information content (AvgIpc) is 3.24. The second kappa shape index (κ2) is 7.43. The number of rotatable bonds is 5. The Morgan fingerprint density at radius 2 is 2.20 bits per heavy atom. The molecule has 2 unspecified atom stereocenters. The average molecular weight is 369 g/mol. The zero-order chi connectivity index (χ0) is 18.0. The van der Waals surface area contributed by atoms with Crippen molar-refractivity contribution in [2.75, 3.05) is 26.2 Å². The lowest BCUT2D eigenvalue weighted by Crippen LogP contribution is -2.46. The maximum Gasteiger partial charge on any atom is 0.262 e. The van der Waals surface area contributed by atoms with Gasteiger partial charge in [-0.15, -0.1) is 0 Å². The molecule has 1 amide bonds. The minimum atomic E-state index is -3.57. The van der Waals surface area contributed by atoms with Crippen LogP contribution in [-0.2, 0) is 21.9 Å². The largest absolute Gasteiger partial charge is 0.354 e. The van der Waals surface area contributed by atoms with E-state index in [1.807, 2.05) is 0 Å². The van der Waals surface area contributed by atoms with Crippen molar-refractivity contribution >= 4 is 15.9 Å². The van der Waals surface area contributed by atoms with Gasteiger partial charge < -0.3 is 15.2 Å². The number of sulfonamides is 1. The number of piperidine rings is 1. The molecular weight excluding hydrogens is 342 g/mol. The van der Waals surface area contributed by atoms with Gasteiger partial charge in [-0.25, -0.2) is 13.4 Å². The summed E-state index contributed by atoms with van der Waals surface area (Å²) >= 11 is 0. The van der Waals surface area contributed by atoms with Gasteiger partial charge >= 0.3 is 0 Å². The van der Waals surface area contributed by atoms with Crippen molar-refractivity contribution in [3.8, 4) is 0 Å². The summed E-state index contributed by atoms with van der Waals surface area (Å²) in [5.41, 5.74) is 0. The van der Waals surface area contributed by atoms with E-state index in [-0.39, 0.29) is 22.9 Å². The van der Waals surface area contributed by atoms with Crippen LogP contribution < -0.4 is 10.6 Å². The highest BCUT2D eigenvalue weighted by molar-refractivity contribution is 7.89. The molecule has 8 nitrogen and oxygen atoms in total. The summed E-state index contributed by atoms with van der Waals surface area (Å²) in [5.74, 6) is 0.833. The fraction of sp³-hybridized carbons (Fsp3) is 0.750. The van der Waals surface area contributed by atoms with E-state index in [0.717, 1.165) is 32.2 Å². The van der Waals surface area contributed by atoms with Crippen LogP contribution in [0.1, 0.15) is 31.5 Å². The van der Waals surface area contributed by atoms with Gasteiger partial charge in [0.2, 0.25) is 5.91 Å². The van der Waals surface area contributed by atoms with Crippen LogP contribution in [0.5, 0.6) is 0 Å². The number of imidazole rings is 1. The molecule has 2 saturated heterocycles. The number of nitrogens with one attached hydrogen (secondary N) is 2. The van der Waals surface area contributed by atoms with Crippen LogP contribution in [0.2, 0.25) is 0 Å². The topological polar surface area (TPSA) is 96.3 Å². The summed E-state index contributed by atoms with van der Waals surface area (Å²) in [6.07, 6.45) is 5.17. The molecule has 0 aromatic carbocycles. The summed E-state index contributed by atoms with van der Waals surface area (Å²) in [6.45, 7) is 4.12. The number of amides is 1. The Morgan fingerprint density at radius 3 is 2.84 bits per heavy atom. The molecule has 3 rings (SSSR count). The number of hydrogen-bond donors (Lipinski definition) is 2. The van der Waals surface area contributed by atoms with E-state index in [2.05, 4.69) is 15.6 Å². The highest BCUT2D eigenvalue weighted by Gasteiger charge is 2.32. The van der Waals surface area contributed by atoms with Crippen molar-refractivity contribution in [1.82, 2.24) is 24.5 Å². The van der Waals surface area contributed by atoms with Crippen molar-refractivity contribution in [3.63, 3.8) is 0 Å². The number of carbonyl (C=O) groups excluding carboxylic acids is 1. The van der Waals surface area contributed by atoms with Crippen LogP contribution in [0.15, 0.2) is 11.2 Å². The van der Waals surface area contributed by atoms with E-state index >= 15 is 0 Å². The van der Waals surface area contributed by atoms with E-state index < -0.39 is 10.0 Å². The minimum absolute atomic E-state index is 0.0258. The minimum Gasteiger partial charge on any atom is -0.354 e. The monoisotopic (exact) mass is 369 g/mol. The third-order valence-electron chi connectivity index (χ3n) is 5.11. The van der Waals surface area contributed by atoms with Crippen LogP contribution in [0.25, 0.3) is 0 Å². The lowest BCUT2D eigenvalue weighted by molar-refractivity contribution is -0.123. The predicted octanol–water partition coefficient (Wildman–Crippen LogP) is -0.00258. The molecule has 2 aliphatic rings. The maximum absolute atomic E-state index is 12.8. The molecule has 1 aromatic heterocycles. The molecule has 3 heterocycles. The first-order valence-corrected chi connectivity index (χ1v) is 10.3. The van der Waals surface area contributed by atoms with Gasteiger partial charge in [-0.05, 0) is 45.1 Å². The van der Waals surface area contributed by atoms with E-state index in [1.54, 1.807) is 24.7 Å². The Morgan fingerprint density at radius 1 is 1.40 bits per heavy atom. The summed E-state index contributed by atoms with van der Waals surface area (Å²) in [4.78, 5) is 16.3. The summed E-state index contributed by atoms with van der Waals surface area (Å²) in [7, 11) is -1.79. The van der Waals surface area contributed by atoms with Crippen molar-refractivity contribution < 1.29 is 13.2 Å². The molecule has 0 spiro atoms. The number of hydrogen-bond acceptors (Lipinski definition) is 5. The van der Waals surface area contributed by atoms with Gasteiger partial charge in [-0.2, -0.15) is 4.31 Å². The molecule has 0 radical (unpaired) electrons. The van der Waals surface area contributed by atoms with E-state index in [9.17, 15) is 13.2 Å². The first kappa shape index (κ1) is 18.3. The smallest absolute Gasteiger partial charge is 0.262 e. The molecule has 140 valence electrons. The standard InChI is InChI=1S/C16H27N5O3S/c1-12-19-15(11-20(12)2)25(23,24)21-8-4-5-13(10-21)9-18-16(22)14-6-3-7-17-14/h11,13-14,17H,3-10H2,1-2H3,(H,18,22). The van der Waals surface area contributed by atoms with Gasteiger partial charge in [0, 0.05) is 32.9 Å². The van der Waals surface area contributed by atoms with Gasteiger partial charge in [-0.3, -0.25) is 4.79 Å². The zero-order valence-corrected chi connectivity index (χ0v) is 15.7. The molecule has 2 N–H and O–H groups in total. The second-order valence-corrected chi connectivity index (χ2v) is 8.89. The Hall–Kier alpha value is -1.45. The number of carbonyl (C=O) groups is 1. The number of aromatic nitrogens is 2.